The highest BCUT2D eigenvalue weighted by Gasteiger charge is 2.23. The maximum atomic E-state index is 12.1. The van der Waals surface area contributed by atoms with Gasteiger partial charge in [0, 0.05) is 16.8 Å². The number of carbonyl (C=O) groups excluding carboxylic acids is 1. The average molecular weight is 249 g/mol. The maximum absolute atomic E-state index is 12.1. The molecule has 0 saturated heterocycles. The summed E-state index contributed by atoms with van der Waals surface area (Å²) in [6.07, 6.45) is 1.98. The minimum atomic E-state index is -0.0258. The van der Waals surface area contributed by atoms with Gasteiger partial charge in [0.05, 0.1) is 0 Å². The fourth-order valence-corrected chi connectivity index (χ4v) is 2.35. The Morgan fingerprint density at radius 3 is 2.68 bits per heavy atom. The third-order valence-corrected chi connectivity index (χ3v) is 3.44. The predicted octanol–water partition coefficient (Wildman–Crippen LogP) is 3.80. The minimum absolute atomic E-state index is 0.0258. The number of carbonyl (C=O) groups is 1. The first kappa shape index (κ1) is 11.7. The zero-order valence-electron chi connectivity index (χ0n) is 11.0. The van der Waals surface area contributed by atoms with Crippen LogP contribution in [0.3, 0.4) is 0 Å². The molecule has 0 aliphatic carbocycles. The van der Waals surface area contributed by atoms with Crippen molar-refractivity contribution in [3.63, 3.8) is 0 Å². The number of aryl methyl sites for hydroxylation is 2. The molecule has 2 aromatic carbocycles. The summed E-state index contributed by atoms with van der Waals surface area (Å²) >= 11 is 0. The first-order chi connectivity index (χ1) is 9.15. The van der Waals surface area contributed by atoms with Crippen molar-refractivity contribution in [3.05, 3.63) is 64.7 Å². The predicted molar refractivity (Wildman–Crippen MR) is 78.9 cm³/mol. The van der Waals surface area contributed by atoms with Crippen molar-refractivity contribution in [2.45, 2.75) is 13.8 Å². The lowest BCUT2D eigenvalue weighted by Crippen LogP contribution is -2.03. The molecule has 2 nitrogen and oxygen atoms in total. The van der Waals surface area contributed by atoms with Crippen molar-refractivity contribution in [1.29, 1.82) is 0 Å². The van der Waals surface area contributed by atoms with Gasteiger partial charge in [-0.3, -0.25) is 4.79 Å². The molecule has 3 rings (SSSR count). The van der Waals surface area contributed by atoms with E-state index >= 15 is 0 Å². The minimum Gasteiger partial charge on any atom is -0.321 e. The Hall–Kier alpha value is -2.35. The fourth-order valence-electron chi connectivity index (χ4n) is 2.35. The van der Waals surface area contributed by atoms with Gasteiger partial charge in [-0.05, 0) is 37.1 Å². The van der Waals surface area contributed by atoms with Crippen LogP contribution in [0.25, 0.3) is 11.6 Å². The van der Waals surface area contributed by atoms with Gasteiger partial charge < -0.3 is 5.32 Å². The molecule has 0 spiro atoms. The van der Waals surface area contributed by atoms with E-state index < -0.39 is 0 Å². The number of fused-ring (bicyclic) bond motifs is 1. The van der Waals surface area contributed by atoms with E-state index in [-0.39, 0.29) is 5.91 Å². The van der Waals surface area contributed by atoms with E-state index in [0.717, 1.165) is 22.4 Å². The van der Waals surface area contributed by atoms with Crippen molar-refractivity contribution in [3.8, 4) is 0 Å². The Morgan fingerprint density at radius 2 is 1.84 bits per heavy atom. The van der Waals surface area contributed by atoms with Crippen LogP contribution in [0, 0.1) is 13.8 Å². The summed E-state index contributed by atoms with van der Waals surface area (Å²) < 4.78 is 0. The second-order valence-electron chi connectivity index (χ2n) is 4.92. The molecule has 2 aromatic rings. The Balaban J connectivity index is 2.14. The van der Waals surface area contributed by atoms with Gasteiger partial charge in [-0.25, -0.2) is 0 Å². The van der Waals surface area contributed by atoms with Crippen LogP contribution in [0.15, 0.2) is 42.5 Å². The monoisotopic (exact) mass is 249 g/mol. The Labute approximate surface area is 112 Å². The quantitative estimate of drug-likeness (QED) is 0.765. The summed E-state index contributed by atoms with van der Waals surface area (Å²) in [5.74, 6) is -0.0258. The van der Waals surface area contributed by atoms with E-state index in [1.165, 1.54) is 11.1 Å². The molecule has 0 saturated carbocycles. The van der Waals surface area contributed by atoms with Crippen LogP contribution in [0.1, 0.15) is 22.3 Å². The Bertz CT molecular complexity index is 698. The van der Waals surface area contributed by atoms with Crippen LogP contribution in [-0.2, 0) is 4.79 Å². The number of para-hydroxylation sites is 1. The van der Waals surface area contributed by atoms with Crippen LogP contribution < -0.4 is 5.32 Å². The van der Waals surface area contributed by atoms with Crippen LogP contribution >= 0.6 is 0 Å². The molecule has 0 atom stereocenters. The summed E-state index contributed by atoms with van der Waals surface area (Å²) in [5.41, 5.74) is 6.09. The topological polar surface area (TPSA) is 29.1 Å². The number of anilines is 1. The van der Waals surface area contributed by atoms with E-state index in [0.29, 0.717) is 0 Å². The molecule has 1 amide bonds. The van der Waals surface area contributed by atoms with Gasteiger partial charge in [-0.2, -0.15) is 0 Å². The molecule has 0 fully saturated rings. The van der Waals surface area contributed by atoms with E-state index in [9.17, 15) is 4.79 Å². The molecular formula is C17H15NO. The summed E-state index contributed by atoms with van der Waals surface area (Å²) in [7, 11) is 0. The summed E-state index contributed by atoms with van der Waals surface area (Å²) in [5, 5.41) is 2.89. The SMILES string of the molecule is Cc1ccc(C)c(/C=C2/C(=O)Nc3ccccc32)c1. The first-order valence-corrected chi connectivity index (χ1v) is 6.35. The molecule has 1 aliphatic rings. The molecule has 2 heteroatoms. The molecule has 1 N–H and O–H groups in total. The summed E-state index contributed by atoms with van der Waals surface area (Å²) in [6, 6.07) is 14.1. The second-order valence-corrected chi connectivity index (χ2v) is 4.92. The van der Waals surface area contributed by atoms with Gasteiger partial charge >= 0.3 is 0 Å². The van der Waals surface area contributed by atoms with Crippen LogP contribution in [0.5, 0.6) is 0 Å². The van der Waals surface area contributed by atoms with Crippen LogP contribution in [-0.4, -0.2) is 5.91 Å². The number of nitrogens with one attached hydrogen (secondary N) is 1. The number of rotatable bonds is 1. The van der Waals surface area contributed by atoms with Gasteiger partial charge in [0.2, 0.25) is 0 Å². The van der Waals surface area contributed by atoms with Gasteiger partial charge in [-0.1, -0.05) is 42.0 Å². The zero-order valence-corrected chi connectivity index (χ0v) is 11.0. The van der Waals surface area contributed by atoms with Crippen LogP contribution in [0.4, 0.5) is 5.69 Å². The van der Waals surface area contributed by atoms with Crippen molar-refractivity contribution in [1.82, 2.24) is 0 Å². The number of hydrogen-bond donors (Lipinski definition) is 1. The van der Waals surface area contributed by atoms with E-state index in [4.69, 9.17) is 0 Å². The molecule has 94 valence electrons. The average Bonchev–Trinajstić information content (AvgIpc) is 2.71. The van der Waals surface area contributed by atoms with E-state index in [1.807, 2.05) is 30.3 Å². The molecule has 1 aliphatic heterocycles. The van der Waals surface area contributed by atoms with Crippen molar-refractivity contribution >= 4 is 23.2 Å². The van der Waals surface area contributed by atoms with Crippen molar-refractivity contribution in [2.75, 3.05) is 5.32 Å². The Kier molecular flexibility index (Phi) is 2.71. The van der Waals surface area contributed by atoms with E-state index in [2.05, 4.69) is 37.4 Å². The third-order valence-electron chi connectivity index (χ3n) is 3.44. The largest absolute Gasteiger partial charge is 0.321 e. The molecular weight excluding hydrogens is 234 g/mol. The van der Waals surface area contributed by atoms with Gasteiger partial charge in [0.15, 0.2) is 0 Å². The number of hydrogen-bond acceptors (Lipinski definition) is 1. The molecule has 1 heterocycles. The van der Waals surface area contributed by atoms with Crippen molar-refractivity contribution < 1.29 is 4.79 Å². The normalized spacial score (nSPS) is 15.5. The molecule has 19 heavy (non-hydrogen) atoms. The lowest BCUT2D eigenvalue weighted by molar-refractivity contribution is -0.110. The summed E-state index contributed by atoms with van der Waals surface area (Å²) in [6.45, 7) is 4.12. The smallest absolute Gasteiger partial charge is 0.256 e. The van der Waals surface area contributed by atoms with Gasteiger partial charge in [-0.15, -0.1) is 0 Å². The highest BCUT2D eigenvalue weighted by atomic mass is 16.2. The molecule has 0 unspecified atom stereocenters. The van der Waals surface area contributed by atoms with Crippen LogP contribution in [0.2, 0.25) is 0 Å². The fraction of sp³-hybridized carbons (Fsp3) is 0.118. The lowest BCUT2D eigenvalue weighted by atomic mass is 10.00. The third kappa shape index (κ3) is 2.06. The number of amides is 1. The van der Waals surface area contributed by atoms with Gasteiger partial charge in [0.25, 0.3) is 5.91 Å². The molecule has 0 radical (unpaired) electrons. The second kappa shape index (κ2) is 4.39. The van der Waals surface area contributed by atoms with Gasteiger partial charge in [0.1, 0.15) is 0 Å². The molecule has 0 aromatic heterocycles. The summed E-state index contributed by atoms with van der Waals surface area (Å²) in [4.78, 5) is 12.1. The first-order valence-electron chi connectivity index (χ1n) is 6.35. The maximum Gasteiger partial charge on any atom is 0.256 e. The highest BCUT2D eigenvalue weighted by molar-refractivity contribution is 6.34. The molecule has 0 bridgehead atoms. The lowest BCUT2D eigenvalue weighted by Gasteiger charge is -2.03. The highest BCUT2D eigenvalue weighted by Crippen LogP contribution is 2.33. The number of benzene rings is 2. The zero-order chi connectivity index (χ0) is 13.4. The van der Waals surface area contributed by atoms with Crippen molar-refractivity contribution in [2.24, 2.45) is 0 Å². The van der Waals surface area contributed by atoms with E-state index in [1.54, 1.807) is 0 Å². The Morgan fingerprint density at radius 1 is 1.05 bits per heavy atom. The standard InChI is InChI=1S/C17H15NO/c1-11-7-8-12(2)13(9-11)10-15-14-5-3-4-6-16(14)18-17(15)19/h3-10H,1-2H3,(H,18,19)/b15-10+.